The predicted octanol–water partition coefficient (Wildman–Crippen LogP) is 7.12. The zero-order valence-electron chi connectivity index (χ0n) is 17.0. The summed E-state index contributed by atoms with van der Waals surface area (Å²) in [5.41, 5.74) is 3.67. The van der Waals surface area contributed by atoms with Crippen molar-refractivity contribution in [2.75, 3.05) is 0 Å². The highest BCUT2D eigenvalue weighted by molar-refractivity contribution is 6.30. The first kappa shape index (κ1) is 19.0. The molecule has 3 aromatic carbocycles. The van der Waals surface area contributed by atoms with Crippen molar-refractivity contribution in [3.05, 3.63) is 76.3 Å². The molecule has 29 heavy (non-hydrogen) atoms. The molecule has 0 saturated heterocycles. The Kier molecular flexibility index (Phi) is 5.01. The van der Waals surface area contributed by atoms with Gasteiger partial charge in [-0.3, -0.25) is 0 Å². The third kappa shape index (κ3) is 3.65. The van der Waals surface area contributed by atoms with Gasteiger partial charge in [0.2, 0.25) is 0 Å². The Balaban J connectivity index is 1.48. The highest BCUT2D eigenvalue weighted by Crippen LogP contribution is 2.48. The van der Waals surface area contributed by atoms with E-state index in [1.54, 1.807) is 0 Å². The summed E-state index contributed by atoms with van der Waals surface area (Å²) in [6.45, 7) is 2.96. The third-order valence-corrected chi connectivity index (χ3v) is 6.94. The number of rotatable bonds is 3. The van der Waals surface area contributed by atoms with Gasteiger partial charge in [-0.15, -0.1) is 0 Å². The van der Waals surface area contributed by atoms with Crippen molar-refractivity contribution >= 4 is 22.4 Å². The smallest absolute Gasteiger partial charge is 0.127 e. The van der Waals surface area contributed by atoms with Crippen LogP contribution >= 0.6 is 11.6 Å². The highest BCUT2D eigenvalue weighted by Gasteiger charge is 2.42. The Bertz CT molecular complexity index is 1030. The van der Waals surface area contributed by atoms with E-state index in [-0.39, 0.29) is 11.6 Å². The fourth-order valence-electron chi connectivity index (χ4n) is 5.26. The van der Waals surface area contributed by atoms with Crippen LogP contribution in [0, 0.1) is 6.92 Å². The Hall–Kier alpha value is -2.03. The summed E-state index contributed by atoms with van der Waals surface area (Å²) in [5, 5.41) is 7.28. The molecule has 1 N–H and O–H groups in total. The van der Waals surface area contributed by atoms with Crippen LogP contribution in [0.5, 0.6) is 5.75 Å². The van der Waals surface area contributed by atoms with E-state index in [0.717, 1.165) is 42.1 Å². The van der Waals surface area contributed by atoms with Crippen LogP contribution in [0.15, 0.2) is 54.6 Å². The molecule has 2 aliphatic rings. The second-order valence-corrected chi connectivity index (χ2v) is 9.20. The minimum Gasteiger partial charge on any atom is -0.487 e. The topological polar surface area (TPSA) is 21.3 Å². The fraction of sp³-hybridized carbons (Fsp3) is 0.385. The van der Waals surface area contributed by atoms with Crippen LogP contribution in [-0.4, -0.2) is 5.60 Å². The number of ether oxygens (including phenoxy) is 1. The van der Waals surface area contributed by atoms with E-state index in [4.69, 9.17) is 16.3 Å². The van der Waals surface area contributed by atoms with Crippen LogP contribution in [-0.2, 0) is 6.54 Å². The molecule has 3 heteroatoms. The first-order chi connectivity index (χ1) is 14.1. The second kappa shape index (κ2) is 7.66. The van der Waals surface area contributed by atoms with Gasteiger partial charge in [-0.1, -0.05) is 60.5 Å². The lowest BCUT2D eigenvalue weighted by Gasteiger charge is -2.45. The van der Waals surface area contributed by atoms with Crippen LogP contribution in [0.1, 0.15) is 61.3 Å². The maximum Gasteiger partial charge on any atom is 0.127 e. The summed E-state index contributed by atoms with van der Waals surface area (Å²) >= 11 is 6.44. The van der Waals surface area contributed by atoms with E-state index in [9.17, 15) is 0 Å². The van der Waals surface area contributed by atoms with Crippen molar-refractivity contribution in [2.24, 2.45) is 0 Å². The summed E-state index contributed by atoms with van der Waals surface area (Å²) in [6.07, 6.45) is 7.17. The van der Waals surface area contributed by atoms with Crippen LogP contribution < -0.4 is 10.1 Å². The zero-order valence-corrected chi connectivity index (χ0v) is 17.8. The monoisotopic (exact) mass is 405 g/mol. The molecule has 1 aliphatic heterocycles. The van der Waals surface area contributed by atoms with Gasteiger partial charge in [0.05, 0.1) is 0 Å². The number of fused-ring (bicyclic) bond motifs is 2. The van der Waals surface area contributed by atoms with Crippen molar-refractivity contribution in [3.8, 4) is 5.75 Å². The van der Waals surface area contributed by atoms with Gasteiger partial charge in [-0.05, 0) is 66.6 Å². The zero-order chi connectivity index (χ0) is 19.8. The van der Waals surface area contributed by atoms with Crippen LogP contribution in [0.3, 0.4) is 0 Å². The lowest BCUT2D eigenvalue weighted by Crippen LogP contribution is -2.45. The first-order valence-corrected chi connectivity index (χ1v) is 11.2. The van der Waals surface area contributed by atoms with Crippen LogP contribution in [0.4, 0.5) is 0 Å². The SMILES string of the molecule is Cc1cc(Cl)cc2c1OC1(CCCCC1)C[C@H]2NCc1cccc2ccccc12. The lowest BCUT2D eigenvalue weighted by atomic mass is 9.76. The molecule has 0 radical (unpaired) electrons. The number of nitrogens with one attached hydrogen (secondary N) is 1. The van der Waals surface area contributed by atoms with Gasteiger partial charge in [0.25, 0.3) is 0 Å². The van der Waals surface area contributed by atoms with Gasteiger partial charge in [-0.25, -0.2) is 0 Å². The number of aryl methyl sites for hydroxylation is 1. The van der Waals surface area contributed by atoms with Gasteiger partial charge in [-0.2, -0.15) is 0 Å². The summed E-state index contributed by atoms with van der Waals surface area (Å²) in [4.78, 5) is 0. The maximum atomic E-state index is 6.70. The Labute approximate surface area is 178 Å². The summed E-state index contributed by atoms with van der Waals surface area (Å²) in [5.74, 6) is 1.05. The quantitative estimate of drug-likeness (QED) is 0.500. The third-order valence-electron chi connectivity index (χ3n) is 6.72. The molecule has 1 heterocycles. The predicted molar refractivity (Wildman–Crippen MR) is 121 cm³/mol. The lowest BCUT2D eigenvalue weighted by molar-refractivity contribution is -0.00353. The fourth-order valence-corrected chi connectivity index (χ4v) is 5.54. The average molecular weight is 406 g/mol. The standard InChI is InChI=1S/C26H28ClNO/c1-18-14-21(27)15-23-24(16-26(29-25(18)23)12-5-2-6-13-26)28-17-20-10-7-9-19-8-3-4-11-22(19)20/h3-4,7-11,14-15,24,28H,2,5-6,12-13,16-17H2,1H3/t24-/m1/s1. The van der Waals surface area contributed by atoms with Crippen LogP contribution in [0.2, 0.25) is 5.02 Å². The van der Waals surface area contributed by atoms with E-state index in [1.165, 1.54) is 41.2 Å². The van der Waals surface area contributed by atoms with E-state index >= 15 is 0 Å². The van der Waals surface area contributed by atoms with Gasteiger partial charge in [0.15, 0.2) is 0 Å². The Morgan fingerprint density at radius 3 is 2.69 bits per heavy atom. The highest BCUT2D eigenvalue weighted by atomic mass is 35.5. The number of hydrogen-bond acceptors (Lipinski definition) is 2. The number of halogens is 1. The second-order valence-electron chi connectivity index (χ2n) is 8.76. The molecule has 0 aromatic heterocycles. The molecule has 1 spiro atoms. The normalized spacial score (nSPS) is 20.4. The first-order valence-electron chi connectivity index (χ1n) is 10.8. The van der Waals surface area contributed by atoms with Crippen molar-refractivity contribution in [1.82, 2.24) is 5.32 Å². The summed E-state index contributed by atoms with van der Waals surface area (Å²) in [6, 6.07) is 19.6. The van der Waals surface area contributed by atoms with E-state index in [2.05, 4.69) is 60.8 Å². The van der Waals surface area contributed by atoms with Gasteiger partial charge < -0.3 is 10.1 Å². The average Bonchev–Trinajstić information content (AvgIpc) is 2.73. The van der Waals surface area contributed by atoms with Gasteiger partial charge in [0, 0.05) is 29.6 Å². The van der Waals surface area contributed by atoms with Crippen LogP contribution in [0.25, 0.3) is 10.8 Å². The van der Waals surface area contributed by atoms with Gasteiger partial charge in [0.1, 0.15) is 11.4 Å². The molecule has 3 aromatic rings. The Morgan fingerprint density at radius 1 is 1.03 bits per heavy atom. The summed E-state index contributed by atoms with van der Waals surface area (Å²) < 4.78 is 6.70. The van der Waals surface area contributed by atoms with Gasteiger partial charge >= 0.3 is 0 Å². The molecule has 1 saturated carbocycles. The molecule has 150 valence electrons. The minimum absolute atomic E-state index is 0.0275. The molecule has 5 rings (SSSR count). The molecule has 1 aliphatic carbocycles. The molecule has 0 bridgehead atoms. The molecule has 0 unspecified atom stereocenters. The number of hydrogen-bond donors (Lipinski definition) is 1. The van der Waals surface area contributed by atoms with Crippen molar-refractivity contribution in [1.29, 1.82) is 0 Å². The van der Waals surface area contributed by atoms with Crippen molar-refractivity contribution in [2.45, 2.75) is 63.6 Å². The summed E-state index contributed by atoms with van der Waals surface area (Å²) in [7, 11) is 0. The molecule has 0 amide bonds. The largest absolute Gasteiger partial charge is 0.487 e. The Morgan fingerprint density at radius 2 is 1.83 bits per heavy atom. The van der Waals surface area contributed by atoms with E-state index in [1.807, 2.05) is 6.07 Å². The van der Waals surface area contributed by atoms with Crippen molar-refractivity contribution in [3.63, 3.8) is 0 Å². The maximum absolute atomic E-state index is 6.70. The van der Waals surface area contributed by atoms with Crippen molar-refractivity contribution < 1.29 is 4.74 Å². The molecule has 2 nitrogen and oxygen atoms in total. The molecular formula is C26H28ClNO. The van der Waals surface area contributed by atoms with E-state index in [0.29, 0.717) is 0 Å². The molecule has 1 fully saturated rings. The molecule has 1 atom stereocenters. The number of benzene rings is 3. The van der Waals surface area contributed by atoms with E-state index < -0.39 is 0 Å². The molecular weight excluding hydrogens is 378 g/mol. The minimum atomic E-state index is -0.0275.